The number of hydrogen-bond donors (Lipinski definition) is 2. The highest BCUT2D eigenvalue weighted by Gasteiger charge is 2.65. The number of nitrogens with one attached hydrogen (secondary N) is 1. The lowest BCUT2D eigenvalue weighted by atomic mass is 10.0. The van der Waals surface area contributed by atoms with Crippen molar-refractivity contribution in [3.63, 3.8) is 0 Å². The van der Waals surface area contributed by atoms with Crippen molar-refractivity contribution in [2.45, 2.75) is 59.5 Å². The van der Waals surface area contributed by atoms with Crippen molar-refractivity contribution < 1.29 is 9.90 Å². The van der Waals surface area contributed by atoms with Gasteiger partial charge in [0, 0.05) is 6.04 Å². The molecule has 15 heavy (non-hydrogen) atoms. The van der Waals surface area contributed by atoms with Crippen LogP contribution in [0, 0.1) is 10.8 Å². The molecule has 2 N–H and O–H groups in total. The quantitative estimate of drug-likeness (QED) is 0.736. The zero-order valence-corrected chi connectivity index (χ0v) is 10.4. The van der Waals surface area contributed by atoms with E-state index in [-0.39, 0.29) is 16.9 Å². The van der Waals surface area contributed by atoms with Gasteiger partial charge in [-0.3, -0.25) is 4.79 Å². The van der Waals surface area contributed by atoms with Crippen molar-refractivity contribution in [3.8, 4) is 0 Å². The van der Waals surface area contributed by atoms with Gasteiger partial charge in [0.05, 0.1) is 0 Å². The minimum atomic E-state index is -0.727. The second-order valence-corrected chi connectivity index (χ2v) is 5.72. The summed E-state index contributed by atoms with van der Waals surface area (Å²) in [5.74, 6) is -0.727. The van der Waals surface area contributed by atoms with Crippen molar-refractivity contribution in [2.24, 2.45) is 10.8 Å². The van der Waals surface area contributed by atoms with E-state index in [1.54, 1.807) is 0 Å². The maximum atomic E-state index is 11.0. The van der Waals surface area contributed by atoms with Crippen LogP contribution in [0.5, 0.6) is 0 Å². The molecule has 1 aliphatic carbocycles. The van der Waals surface area contributed by atoms with Gasteiger partial charge in [-0.15, -0.1) is 0 Å². The van der Waals surface area contributed by atoms with Crippen LogP contribution in [0.15, 0.2) is 0 Å². The molecule has 3 heteroatoms. The molecule has 1 rings (SSSR count). The third-order valence-electron chi connectivity index (χ3n) is 4.26. The molecule has 1 atom stereocenters. The summed E-state index contributed by atoms with van der Waals surface area (Å²) in [6, 6.07) is -0.0706. The predicted molar refractivity (Wildman–Crippen MR) is 60.8 cm³/mol. The first-order valence-corrected chi connectivity index (χ1v) is 5.74. The smallest absolute Gasteiger partial charge is 0.320 e. The first-order chi connectivity index (χ1) is 6.75. The number of carbonyl (C=O) groups is 1. The minimum Gasteiger partial charge on any atom is -0.480 e. The van der Waals surface area contributed by atoms with Gasteiger partial charge < -0.3 is 10.4 Å². The van der Waals surface area contributed by atoms with Gasteiger partial charge in [0.25, 0.3) is 0 Å². The molecular weight excluding hydrogens is 190 g/mol. The fourth-order valence-corrected chi connectivity index (χ4v) is 2.38. The molecule has 1 aliphatic rings. The average Bonchev–Trinajstić information content (AvgIpc) is 2.46. The summed E-state index contributed by atoms with van der Waals surface area (Å²) in [7, 11) is 0. The average molecular weight is 213 g/mol. The topological polar surface area (TPSA) is 49.3 Å². The fraction of sp³-hybridized carbons (Fsp3) is 0.917. The van der Waals surface area contributed by atoms with E-state index in [9.17, 15) is 4.79 Å². The van der Waals surface area contributed by atoms with Gasteiger partial charge in [-0.2, -0.15) is 0 Å². The van der Waals surface area contributed by atoms with E-state index in [0.717, 1.165) is 6.42 Å². The molecule has 1 unspecified atom stereocenters. The van der Waals surface area contributed by atoms with Crippen LogP contribution in [-0.2, 0) is 4.79 Å². The Labute approximate surface area is 92.3 Å². The summed E-state index contributed by atoms with van der Waals surface area (Å²) in [6.45, 7) is 10.8. The van der Waals surface area contributed by atoms with Crippen LogP contribution in [0.4, 0.5) is 0 Å². The molecule has 0 bridgehead atoms. The van der Waals surface area contributed by atoms with E-state index < -0.39 is 5.97 Å². The van der Waals surface area contributed by atoms with Crippen LogP contribution in [0.25, 0.3) is 0 Å². The van der Waals surface area contributed by atoms with Gasteiger partial charge in [0.15, 0.2) is 0 Å². The Morgan fingerprint density at radius 3 is 2.07 bits per heavy atom. The van der Waals surface area contributed by atoms with Crippen LogP contribution in [0.2, 0.25) is 0 Å². The number of aliphatic carboxylic acids is 1. The van der Waals surface area contributed by atoms with E-state index >= 15 is 0 Å². The lowest BCUT2D eigenvalue weighted by molar-refractivity contribution is -0.139. The third-order valence-corrected chi connectivity index (χ3v) is 4.26. The molecule has 0 amide bonds. The molecule has 1 fully saturated rings. The van der Waals surface area contributed by atoms with Gasteiger partial charge in [-0.05, 0) is 17.3 Å². The molecule has 0 spiro atoms. The molecule has 88 valence electrons. The van der Waals surface area contributed by atoms with Gasteiger partial charge in [-0.1, -0.05) is 41.0 Å². The van der Waals surface area contributed by atoms with Crippen molar-refractivity contribution in [1.29, 1.82) is 0 Å². The standard InChI is InChI=1S/C12H23NO2/c1-6-7-8(9(14)15)13-10-11(2,3)12(10,4)5/h8,10,13H,6-7H2,1-5H3,(H,14,15). The number of rotatable bonds is 5. The molecule has 0 saturated heterocycles. The van der Waals surface area contributed by atoms with Crippen molar-refractivity contribution >= 4 is 5.97 Å². The molecule has 0 heterocycles. The first-order valence-electron chi connectivity index (χ1n) is 5.74. The summed E-state index contributed by atoms with van der Waals surface area (Å²) in [5, 5.41) is 12.3. The van der Waals surface area contributed by atoms with Gasteiger partial charge in [0.2, 0.25) is 0 Å². The molecule has 0 aromatic rings. The Hall–Kier alpha value is -0.570. The first kappa shape index (κ1) is 12.5. The number of hydrogen-bond acceptors (Lipinski definition) is 2. The summed E-state index contributed by atoms with van der Waals surface area (Å²) < 4.78 is 0. The highest BCUT2D eigenvalue weighted by molar-refractivity contribution is 5.73. The largest absolute Gasteiger partial charge is 0.480 e. The van der Waals surface area contributed by atoms with E-state index in [0.29, 0.717) is 12.5 Å². The minimum absolute atomic E-state index is 0.203. The number of carboxylic acids is 1. The SMILES string of the molecule is CCCC(NC1C(C)(C)C1(C)C)C(=O)O. The molecule has 1 saturated carbocycles. The maximum Gasteiger partial charge on any atom is 0.320 e. The van der Waals surface area contributed by atoms with Crippen LogP contribution >= 0.6 is 0 Å². The van der Waals surface area contributed by atoms with Gasteiger partial charge >= 0.3 is 5.97 Å². The Balaban J connectivity index is 2.59. The lowest BCUT2D eigenvalue weighted by Gasteiger charge is -2.14. The second-order valence-electron chi connectivity index (χ2n) is 5.72. The second kappa shape index (κ2) is 3.78. The highest BCUT2D eigenvalue weighted by Crippen LogP contribution is 2.62. The fourth-order valence-electron chi connectivity index (χ4n) is 2.38. The van der Waals surface area contributed by atoms with Crippen molar-refractivity contribution in [3.05, 3.63) is 0 Å². The molecular formula is C12H23NO2. The zero-order chi connectivity index (χ0) is 11.9. The summed E-state index contributed by atoms with van der Waals surface area (Å²) >= 11 is 0. The van der Waals surface area contributed by atoms with Gasteiger partial charge in [0.1, 0.15) is 6.04 Å². The van der Waals surface area contributed by atoms with E-state index in [1.165, 1.54) is 0 Å². The molecule has 0 aromatic carbocycles. The predicted octanol–water partition coefficient (Wildman–Crippen LogP) is 2.26. The van der Waals surface area contributed by atoms with E-state index in [2.05, 4.69) is 33.0 Å². The lowest BCUT2D eigenvalue weighted by Crippen LogP contribution is -2.40. The highest BCUT2D eigenvalue weighted by atomic mass is 16.4. The van der Waals surface area contributed by atoms with Crippen LogP contribution < -0.4 is 5.32 Å². The molecule has 0 aliphatic heterocycles. The summed E-state index contributed by atoms with van der Waals surface area (Å²) in [4.78, 5) is 11.0. The number of carboxylic acid groups (broad SMARTS) is 1. The van der Waals surface area contributed by atoms with Gasteiger partial charge in [-0.25, -0.2) is 0 Å². The molecule has 0 radical (unpaired) electrons. The van der Waals surface area contributed by atoms with Crippen LogP contribution in [-0.4, -0.2) is 23.2 Å². The summed E-state index contributed by atoms with van der Waals surface area (Å²) in [6.07, 6.45) is 1.61. The Bertz CT molecular complexity index is 244. The zero-order valence-electron chi connectivity index (χ0n) is 10.4. The van der Waals surface area contributed by atoms with E-state index in [4.69, 9.17) is 5.11 Å². The van der Waals surface area contributed by atoms with Crippen LogP contribution in [0.3, 0.4) is 0 Å². The molecule has 3 nitrogen and oxygen atoms in total. The molecule has 0 aromatic heterocycles. The summed E-state index contributed by atoms with van der Waals surface area (Å²) in [5.41, 5.74) is 0.406. The maximum absolute atomic E-state index is 11.0. The van der Waals surface area contributed by atoms with Crippen LogP contribution in [0.1, 0.15) is 47.5 Å². The Kier molecular flexibility index (Phi) is 3.15. The van der Waals surface area contributed by atoms with E-state index in [1.807, 2.05) is 6.92 Å². The Morgan fingerprint density at radius 2 is 1.80 bits per heavy atom. The van der Waals surface area contributed by atoms with Crippen molar-refractivity contribution in [1.82, 2.24) is 5.32 Å². The monoisotopic (exact) mass is 213 g/mol. The third kappa shape index (κ3) is 2.03. The van der Waals surface area contributed by atoms with Crippen molar-refractivity contribution in [2.75, 3.05) is 0 Å². The normalized spacial score (nSPS) is 24.9. The Morgan fingerprint density at radius 1 is 1.33 bits per heavy atom.